The summed E-state index contributed by atoms with van der Waals surface area (Å²) in [6.45, 7) is 0.105. The summed E-state index contributed by atoms with van der Waals surface area (Å²) in [6, 6.07) is 3.34. The Kier molecular flexibility index (Phi) is 3.77. The molecule has 0 aliphatic carbocycles. The second-order valence-electron chi connectivity index (χ2n) is 3.94. The quantitative estimate of drug-likeness (QED) is 0.929. The molecule has 9 heteroatoms. The lowest BCUT2D eigenvalue weighted by Gasteiger charge is -2.08. The normalized spacial score (nSPS) is 11.4. The summed E-state index contributed by atoms with van der Waals surface area (Å²) in [4.78, 5) is 3.97. The number of ether oxygens (including phenoxy) is 1. The van der Waals surface area contributed by atoms with Gasteiger partial charge < -0.3 is 14.6 Å². The number of anilines is 1. The molecule has 0 saturated carbocycles. The van der Waals surface area contributed by atoms with Crippen LogP contribution in [0.1, 0.15) is 11.6 Å². The van der Waals surface area contributed by atoms with Crippen LogP contribution in [-0.2, 0) is 19.8 Å². The molecule has 0 radical (unpaired) electrons. The molecule has 0 aliphatic rings. The van der Waals surface area contributed by atoms with Gasteiger partial charge in [0.15, 0.2) is 5.82 Å². The van der Waals surface area contributed by atoms with Gasteiger partial charge in [0.05, 0.1) is 25.5 Å². The third kappa shape index (κ3) is 2.98. The molecule has 2 rings (SSSR count). The predicted molar refractivity (Wildman–Crippen MR) is 64.1 cm³/mol. The zero-order valence-electron chi connectivity index (χ0n) is 10.8. The monoisotopic (exact) mass is 287 g/mol. The van der Waals surface area contributed by atoms with E-state index in [-0.39, 0.29) is 12.4 Å². The molecular weight excluding hydrogens is 275 g/mol. The maximum atomic E-state index is 12.5. The van der Waals surface area contributed by atoms with Crippen molar-refractivity contribution in [1.29, 1.82) is 0 Å². The maximum absolute atomic E-state index is 12.5. The first-order valence-corrected chi connectivity index (χ1v) is 5.61. The molecule has 0 atom stereocenters. The highest BCUT2D eigenvalue weighted by Crippen LogP contribution is 2.27. The lowest BCUT2D eigenvalue weighted by Crippen LogP contribution is -2.15. The largest absolute Gasteiger partial charge is 0.481 e. The molecule has 0 saturated heterocycles. The molecule has 2 aromatic rings. The van der Waals surface area contributed by atoms with E-state index in [0.29, 0.717) is 11.6 Å². The van der Waals surface area contributed by atoms with Crippen molar-refractivity contribution in [3.05, 3.63) is 30.0 Å². The lowest BCUT2D eigenvalue weighted by molar-refractivity contribution is -0.147. The van der Waals surface area contributed by atoms with Crippen LogP contribution in [0.25, 0.3) is 0 Å². The van der Waals surface area contributed by atoms with Crippen LogP contribution in [-0.4, -0.2) is 26.9 Å². The maximum Gasteiger partial charge on any atom is 0.451 e. The Bertz CT molecular complexity index is 579. The van der Waals surface area contributed by atoms with Gasteiger partial charge in [-0.1, -0.05) is 0 Å². The highest BCUT2D eigenvalue weighted by atomic mass is 19.4. The van der Waals surface area contributed by atoms with Crippen molar-refractivity contribution in [2.75, 3.05) is 12.4 Å². The molecule has 108 valence electrons. The molecule has 0 bridgehead atoms. The first kappa shape index (κ1) is 14.1. The first-order chi connectivity index (χ1) is 9.41. The molecule has 2 aromatic heterocycles. The molecular formula is C11H12F3N5O. The minimum absolute atomic E-state index is 0.105. The summed E-state index contributed by atoms with van der Waals surface area (Å²) >= 11 is 0. The molecule has 0 spiro atoms. The summed E-state index contributed by atoms with van der Waals surface area (Å²) < 4.78 is 43.4. The summed E-state index contributed by atoms with van der Waals surface area (Å²) in [7, 11) is 2.76. The Morgan fingerprint density at radius 3 is 2.55 bits per heavy atom. The standard InChI is InChI=1S/C11H12F3N5O/c1-19-8(17-18-10(19)11(12,13)14)6-15-7-3-4-9(20-2)16-5-7/h3-5,15H,6H2,1-2H3. The Morgan fingerprint density at radius 2 is 2.05 bits per heavy atom. The number of methoxy groups -OCH3 is 1. The molecule has 0 unspecified atom stereocenters. The van der Waals surface area contributed by atoms with Crippen molar-refractivity contribution in [2.24, 2.45) is 7.05 Å². The number of aromatic nitrogens is 4. The molecule has 0 aromatic carbocycles. The van der Waals surface area contributed by atoms with E-state index in [1.807, 2.05) is 0 Å². The molecule has 0 fully saturated rings. The number of nitrogens with zero attached hydrogens (tertiary/aromatic N) is 4. The third-order valence-corrected chi connectivity index (χ3v) is 2.61. The van der Waals surface area contributed by atoms with Gasteiger partial charge in [-0.25, -0.2) is 4.98 Å². The number of halogens is 3. The molecule has 0 amide bonds. The van der Waals surface area contributed by atoms with E-state index in [4.69, 9.17) is 4.74 Å². The van der Waals surface area contributed by atoms with Gasteiger partial charge >= 0.3 is 6.18 Å². The van der Waals surface area contributed by atoms with Crippen LogP contribution in [0.15, 0.2) is 18.3 Å². The summed E-state index contributed by atoms with van der Waals surface area (Å²) in [5.74, 6) is -0.399. The van der Waals surface area contributed by atoms with Crippen molar-refractivity contribution in [2.45, 2.75) is 12.7 Å². The van der Waals surface area contributed by atoms with Crippen LogP contribution < -0.4 is 10.1 Å². The topological polar surface area (TPSA) is 64.9 Å². The lowest BCUT2D eigenvalue weighted by atomic mass is 10.4. The summed E-state index contributed by atoms with van der Waals surface area (Å²) in [6.07, 6.45) is -3.00. The van der Waals surface area contributed by atoms with Gasteiger partial charge in [0.1, 0.15) is 0 Å². The smallest absolute Gasteiger partial charge is 0.451 e. The van der Waals surface area contributed by atoms with Gasteiger partial charge in [0.2, 0.25) is 11.7 Å². The second kappa shape index (κ2) is 5.35. The second-order valence-corrected chi connectivity index (χ2v) is 3.94. The van der Waals surface area contributed by atoms with E-state index in [9.17, 15) is 13.2 Å². The van der Waals surface area contributed by atoms with Gasteiger partial charge in [0.25, 0.3) is 0 Å². The third-order valence-electron chi connectivity index (χ3n) is 2.61. The van der Waals surface area contributed by atoms with E-state index in [1.54, 1.807) is 12.1 Å². The zero-order chi connectivity index (χ0) is 14.8. The van der Waals surface area contributed by atoms with Gasteiger partial charge in [-0.2, -0.15) is 13.2 Å². The van der Waals surface area contributed by atoms with Gasteiger partial charge in [-0.05, 0) is 6.07 Å². The fourth-order valence-corrected chi connectivity index (χ4v) is 1.55. The predicted octanol–water partition coefficient (Wildman–Crippen LogP) is 1.85. The Balaban J connectivity index is 2.05. The number of pyridine rings is 1. The number of hydrogen-bond donors (Lipinski definition) is 1. The van der Waals surface area contributed by atoms with Crippen LogP contribution in [0.2, 0.25) is 0 Å². The van der Waals surface area contributed by atoms with Crippen LogP contribution >= 0.6 is 0 Å². The average molecular weight is 287 g/mol. The number of nitrogens with one attached hydrogen (secondary N) is 1. The molecule has 6 nitrogen and oxygen atoms in total. The van der Waals surface area contributed by atoms with E-state index in [1.165, 1.54) is 20.4 Å². The molecule has 1 N–H and O–H groups in total. The van der Waals surface area contributed by atoms with Crippen molar-refractivity contribution in [3.63, 3.8) is 0 Å². The van der Waals surface area contributed by atoms with Crippen molar-refractivity contribution in [1.82, 2.24) is 19.7 Å². The summed E-state index contributed by atoms with van der Waals surface area (Å²) in [5.41, 5.74) is 0.641. The number of hydrogen-bond acceptors (Lipinski definition) is 5. The fraction of sp³-hybridized carbons (Fsp3) is 0.364. The van der Waals surface area contributed by atoms with Crippen LogP contribution in [0.3, 0.4) is 0 Å². The van der Waals surface area contributed by atoms with Gasteiger partial charge in [-0.15, -0.1) is 10.2 Å². The SMILES string of the molecule is COc1ccc(NCc2nnc(C(F)(F)F)n2C)cn1. The Hall–Kier alpha value is -2.32. The Morgan fingerprint density at radius 1 is 1.30 bits per heavy atom. The van der Waals surface area contributed by atoms with Crippen LogP contribution in [0.4, 0.5) is 18.9 Å². The number of rotatable bonds is 4. The minimum atomic E-state index is -4.51. The highest BCUT2D eigenvalue weighted by molar-refractivity contribution is 5.42. The molecule has 20 heavy (non-hydrogen) atoms. The van der Waals surface area contributed by atoms with E-state index >= 15 is 0 Å². The summed E-state index contributed by atoms with van der Waals surface area (Å²) in [5, 5.41) is 9.56. The number of alkyl halides is 3. The Labute approximate surface area is 112 Å². The fourth-order valence-electron chi connectivity index (χ4n) is 1.55. The molecule has 0 aliphatic heterocycles. The molecule has 2 heterocycles. The van der Waals surface area contributed by atoms with E-state index in [2.05, 4.69) is 20.5 Å². The van der Waals surface area contributed by atoms with Crippen LogP contribution in [0, 0.1) is 0 Å². The van der Waals surface area contributed by atoms with Crippen LogP contribution in [0.5, 0.6) is 5.88 Å². The zero-order valence-corrected chi connectivity index (χ0v) is 10.8. The average Bonchev–Trinajstić information content (AvgIpc) is 2.78. The first-order valence-electron chi connectivity index (χ1n) is 5.61. The van der Waals surface area contributed by atoms with Gasteiger partial charge in [0, 0.05) is 13.1 Å². The van der Waals surface area contributed by atoms with Gasteiger partial charge in [-0.3, -0.25) is 0 Å². The van der Waals surface area contributed by atoms with E-state index in [0.717, 1.165) is 4.57 Å². The minimum Gasteiger partial charge on any atom is -0.481 e. The van der Waals surface area contributed by atoms with Crippen molar-refractivity contribution >= 4 is 5.69 Å². The van der Waals surface area contributed by atoms with E-state index < -0.39 is 12.0 Å². The highest BCUT2D eigenvalue weighted by Gasteiger charge is 2.37. The van der Waals surface area contributed by atoms with Crippen molar-refractivity contribution in [3.8, 4) is 5.88 Å². The van der Waals surface area contributed by atoms with Crippen molar-refractivity contribution < 1.29 is 17.9 Å².